The number of carbonyl (C=O) groups is 2. The number of hydrogen-bond acceptors (Lipinski definition) is 6. The largest absolute Gasteiger partial charge is 0.484 e. The molecule has 1 aliphatic carbocycles. The average molecular weight is 581 g/mol. The molecule has 43 heavy (non-hydrogen) atoms. The van der Waals surface area contributed by atoms with Crippen LogP contribution in [0.25, 0.3) is 33.4 Å². The van der Waals surface area contributed by atoms with E-state index >= 15 is 0 Å². The molecule has 10 nitrogen and oxygen atoms in total. The number of aromatic nitrogens is 4. The van der Waals surface area contributed by atoms with E-state index in [2.05, 4.69) is 47.4 Å². The standard InChI is InChI=1S/C33H36N6O4/c1-4-27(40)39-19-33(20-39)15-23(16-33)32-35-30(31(37(32)3)29-21(2)5-10-26-25(29)17-34-36-26)22-6-8-24(9-7-22)43-18-28(41)38-11-13-42-14-12-38/h4-10,17,23H,1,11-16,18-20H2,2-3H3,(H,34,36). The number of nitrogens with zero attached hydrogens (tertiary/aromatic N) is 5. The molecule has 3 aliphatic rings. The summed E-state index contributed by atoms with van der Waals surface area (Å²) >= 11 is 0. The first-order valence-electron chi connectivity index (χ1n) is 14.9. The second kappa shape index (κ2) is 10.7. The number of likely N-dealkylation sites (tertiary alicyclic amines) is 1. The van der Waals surface area contributed by atoms with Crippen LogP contribution in [0.3, 0.4) is 0 Å². The van der Waals surface area contributed by atoms with Crippen molar-refractivity contribution in [2.45, 2.75) is 25.7 Å². The van der Waals surface area contributed by atoms with E-state index in [-0.39, 0.29) is 23.8 Å². The lowest BCUT2D eigenvalue weighted by molar-refractivity contribution is -0.146. The van der Waals surface area contributed by atoms with Crippen molar-refractivity contribution >= 4 is 22.7 Å². The van der Waals surface area contributed by atoms with Crippen LogP contribution in [0.1, 0.15) is 30.1 Å². The summed E-state index contributed by atoms with van der Waals surface area (Å²) in [6.45, 7) is 9.67. The topological polar surface area (TPSA) is 106 Å². The maximum absolute atomic E-state index is 12.6. The van der Waals surface area contributed by atoms with E-state index in [4.69, 9.17) is 14.5 Å². The van der Waals surface area contributed by atoms with Gasteiger partial charge < -0.3 is 23.8 Å². The third-order valence-electron chi connectivity index (χ3n) is 9.32. The first-order chi connectivity index (χ1) is 20.9. The van der Waals surface area contributed by atoms with Gasteiger partial charge in [-0.15, -0.1) is 0 Å². The lowest BCUT2D eigenvalue weighted by Gasteiger charge is -2.58. The highest BCUT2D eigenvalue weighted by molar-refractivity contribution is 5.99. The van der Waals surface area contributed by atoms with Crippen LogP contribution < -0.4 is 4.74 Å². The van der Waals surface area contributed by atoms with Crippen LogP contribution >= 0.6 is 0 Å². The van der Waals surface area contributed by atoms with Gasteiger partial charge in [0.25, 0.3) is 5.91 Å². The van der Waals surface area contributed by atoms with Crippen molar-refractivity contribution in [3.8, 4) is 28.3 Å². The van der Waals surface area contributed by atoms with Crippen molar-refractivity contribution in [3.05, 3.63) is 66.6 Å². The molecule has 4 heterocycles. The number of H-pyrrole nitrogens is 1. The molecule has 7 rings (SSSR count). The number of fused-ring (bicyclic) bond motifs is 1. The second-order valence-corrected chi connectivity index (χ2v) is 12.1. The third-order valence-corrected chi connectivity index (χ3v) is 9.32. The maximum atomic E-state index is 12.6. The Morgan fingerprint density at radius 2 is 1.86 bits per heavy atom. The van der Waals surface area contributed by atoms with Crippen LogP contribution in [0.4, 0.5) is 0 Å². The maximum Gasteiger partial charge on any atom is 0.260 e. The Morgan fingerprint density at radius 3 is 2.58 bits per heavy atom. The number of carbonyl (C=O) groups excluding carboxylic acids is 2. The summed E-state index contributed by atoms with van der Waals surface area (Å²) in [6.07, 6.45) is 5.30. The van der Waals surface area contributed by atoms with Crippen molar-refractivity contribution in [2.75, 3.05) is 46.0 Å². The van der Waals surface area contributed by atoms with Crippen molar-refractivity contribution < 1.29 is 19.1 Å². The molecule has 0 bridgehead atoms. The predicted molar refractivity (Wildman–Crippen MR) is 163 cm³/mol. The summed E-state index contributed by atoms with van der Waals surface area (Å²) in [4.78, 5) is 33.5. The fourth-order valence-corrected chi connectivity index (χ4v) is 7.04. The fraction of sp³-hybridized carbons (Fsp3) is 0.394. The van der Waals surface area contributed by atoms with Gasteiger partial charge in [-0.25, -0.2) is 4.98 Å². The summed E-state index contributed by atoms with van der Waals surface area (Å²) in [6, 6.07) is 12.0. The minimum atomic E-state index is -0.0329. The van der Waals surface area contributed by atoms with Gasteiger partial charge >= 0.3 is 0 Å². The normalized spacial score (nSPS) is 18.0. The van der Waals surface area contributed by atoms with Crippen molar-refractivity contribution in [2.24, 2.45) is 12.5 Å². The number of benzene rings is 2. The molecule has 2 amide bonds. The Hall–Kier alpha value is -4.44. The molecule has 3 fully saturated rings. The van der Waals surface area contributed by atoms with Gasteiger partial charge in [-0.05, 0) is 61.7 Å². The monoisotopic (exact) mass is 580 g/mol. The van der Waals surface area contributed by atoms with Crippen molar-refractivity contribution in [1.29, 1.82) is 0 Å². The molecule has 4 aromatic rings. The highest BCUT2D eigenvalue weighted by atomic mass is 16.5. The molecular weight excluding hydrogens is 544 g/mol. The van der Waals surface area contributed by atoms with Gasteiger partial charge in [0.2, 0.25) is 5.91 Å². The average Bonchev–Trinajstić information content (AvgIpc) is 3.60. The lowest BCUT2D eigenvalue weighted by atomic mass is 9.57. The quantitative estimate of drug-likeness (QED) is 0.331. The van der Waals surface area contributed by atoms with Crippen LogP contribution in [0.5, 0.6) is 5.75 Å². The zero-order valence-electron chi connectivity index (χ0n) is 24.6. The number of amides is 2. The molecule has 0 atom stereocenters. The van der Waals surface area contributed by atoms with Gasteiger partial charge in [0.15, 0.2) is 6.61 Å². The Morgan fingerprint density at radius 1 is 1.12 bits per heavy atom. The van der Waals surface area contributed by atoms with E-state index in [0.29, 0.717) is 38.0 Å². The summed E-state index contributed by atoms with van der Waals surface area (Å²) < 4.78 is 13.4. The molecule has 1 spiro atoms. The molecule has 1 saturated carbocycles. The molecule has 2 aromatic heterocycles. The van der Waals surface area contributed by atoms with Gasteiger partial charge in [0.05, 0.1) is 36.3 Å². The lowest BCUT2D eigenvalue weighted by Crippen LogP contribution is -2.63. The number of rotatable bonds is 7. The molecule has 2 aromatic carbocycles. The van der Waals surface area contributed by atoms with E-state index in [1.165, 1.54) is 6.08 Å². The van der Waals surface area contributed by atoms with Gasteiger partial charge in [-0.2, -0.15) is 5.10 Å². The molecule has 222 valence electrons. The van der Waals surface area contributed by atoms with E-state index in [9.17, 15) is 9.59 Å². The minimum Gasteiger partial charge on any atom is -0.484 e. The van der Waals surface area contributed by atoms with Crippen LogP contribution in [-0.4, -0.2) is 87.4 Å². The Labute approximate surface area is 250 Å². The Balaban J connectivity index is 1.18. The van der Waals surface area contributed by atoms with E-state index in [1.807, 2.05) is 35.4 Å². The summed E-state index contributed by atoms with van der Waals surface area (Å²) in [5, 5.41) is 8.50. The van der Waals surface area contributed by atoms with E-state index in [1.54, 1.807) is 4.90 Å². The van der Waals surface area contributed by atoms with Crippen LogP contribution in [0, 0.1) is 12.3 Å². The number of morpholine rings is 1. The molecule has 1 N–H and O–H groups in total. The highest BCUT2D eigenvalue weighted by Crippen LogP contribution is 2.56. The first-order valence-corrected chi connectivity index (χ1v) is 14.9. The Bertz CT molecular complexity index is 1700. The summed E-state index contributed by atoms with van der Waals surface area (Å²) in [5.41, 5.74) is 6.36. The first kappa shape index (κ1) is 27.4. The van der Waals surface area contributed by atoms with Crippen LogP contribution in [0.2, 0.25) is 0 Å². The zero-order chi connectivity index (χ0) is 29.7. The molecule has 2 aliphatic heterocycles. The summed E-state index contributed by atoms with van der Waals surface area (Å²) in [5.74, 6) is 1.99. The Kier molecular flexibility index (Phi) is 6.80. The van der Waals surface area contributed by atoms with Crippen molar-refractivity contribution in [1.82, 2.24) is 29.5 Å². The number of aromatic amines is 1. The SMILES string of the molecule is C=CC(=O)N1CC2(CC(c3nc(-c4ccc(OCC(=O)N5CCOCC5)cc4)c(-c4c(C)ccc5[nH]ncc45)n3C)C2)C1. The summed E-state index contributed by atoms with van der Waals surface area (Å²) in [7, 11) is 2.10. The van der Waals surface area contributed by atoms with Crippen molar-refractivity contribution in [3.63, 3.8) is 0 Å². The van der Waals surface area contributed by atoms with E-state index < -0.39 is 0 Å². The number of nitrogens with one attached hydrogen (secondary N) is 1. The third kappa shape index (κ3) is 4.79. The molecule has 0 radical (unpaired) electrons. The molecular formula is C33H36N6O4. The molecule has 0 unspecified atom stereocenters. The second-order valence-electron chi connectivity index (χ2n) is 12.1. The number of hydrogen-bond donors (Lipinski definition) is 1. The fourth-order valence-electron chi connectivity index (χ4n) is 7.04. The van der Waals surface area contributed by atoms with Gasteiger partial charge in [-0.3, -0.25) is 14.7 Å². The minimum absolute atomic E-state index is 0.000726. The van der Waals surface area contributed by atoms with Crippen LogP contribution in [-0.2, 0) is 21.4 Å². The zero-order valence-corrected chi connectivity index (χ0v) is 24.6. The number of imidazole rings is 1. The number of ether oxygens (including phenoxy) is 2. The number of aryl methyl sites for hydroxylation is 1. The van der Waals surface area contributed by atoms with Crippen LogP contribution in [0.15, 0.2) is 55.3 Å². The predicted octanol–water partition coefficient (Wildman–Crippen LogP) is 4.07. The highest BCUT2D eigenvalue weighted by Gasteiger charge is 2.54. The van der Waals surface area contributed by atoms with Gasteiger partial charge in [0.1, 0.15) is 11.6 Å². The van der Waals surface area contributed by atoms with Gasteiger partial charge in [0, 0.05) is 61.1 Å². The smallest absolute Gasteiger partial charge is 0.260 e. The molecule has 10 heteroatoms. The molecule has 2 saturated heterocycles. The van der Waals surface area contributed by atoms with Gasteiger partial charge in [-0.1, -0.05) is 12.6 Å². The van der Waals surface area contributed by atoms with E-state index in [0.717, 1.165) is 70.7 Å².